The standard InChI is InChI=1S/C20H29N5O2/c1-24(2)14-16(19(26)15-8-6-5-7-9-15)12-22-20(27)23-17-10-11-18(21-13-17)25(3)4/h5-11,13,16,19,26H,12,14H2,1-4H3,(H2,22,23,27). The van der Waals surface area contributed by atoms with Gasteiger partial charge in [0.05, 0.1) is 18.0 Å². The van der Waals surface area contributed by atoms with Gasteiger partial charge in [0.2, 0.25) is 0 Å². The lowest BCUT2D eigenvalue weighted by molar-refractivity contribution is 0.0911. The monoisotopic (exact) mass is 371 g/mol. The molecule has 3 N–H and O–H groups in total. The average Bonchev–Trinajstić information content (AvgIpc) is 2.65. The summed E-state index contributed by atoms with van der Waals surface area (Å²) in [6, 6.07) is 12.8. The molecule has 0 saturated carbocycles. The first-order valence-electron chi connectivity index (χ1n) is 8.92. The fraction of sp³-hybridized carbons (Fsp3) is 0.400. The Bertz CT molecular complexity index is 704. The fourth-order valence-corrected chi connectivity index (χ4v) is 2.79. The predicted molar refractivity (Wildman–Crippen MR) is 109 cm³/mol. The van der Waals surface area contributed by atoms with Crippen LogP contribution in [0, 0.1) is 5.92 Å². The minimum absolute atomic E-state index is 0.137. The Morgan fingerprint density at radius 2 is 1.81 bits per heavy atom. The van der Waals surface area contributed by atoms with Crippen LogP contribution in [0.3, 0.4) is 0 Å². The van der Waals surface area contributed by atoms with Crippen molar-refractivity contribution < 1.29 is 9.90 Å². The molecule has 0 bridgehead atoms. The van der Waals surface area contributed by atoms with Gasteiger partial charge in [0.15, 0.2) is 0 Å². The summed E-state index contributed by atoms with van der Waals surface area (Å²) < 4.78 is 0. The van der Waals surface area contributed by atoms with Gasteiger partial charge in [0, 0.05) is 33.1 Å². The maximum atomic E-state index is 12.2. The van der Waals surface area contributed by atoms with Gasteiger partial charge in [0.25, 0.3) is 0 Å². The molecule has 0 spiro atoms. The maximum Gasteiger partial charge on any atom is 0.319 e. The lowest BCUT2D eigenvalue weighted by Gasteiger charge is -2.26. The molecule has 2 atom stereocenters. The molecule has 2 aromatic rings. The molecule has 7 heteroatoms. The fourth-order valence-electron chi connectivity index (χ4n) is 2.79. The van der Waals surface area contributed by atoms with Gasteiger partial charge < -0.3 is 25.5 Å². The Morgan fingerprint density at radius 1 is 1.11 bits per heavy atom. The number of carbonyl (C=O) groups excluding carboxylic acids is 1. The summed E-state index contributed by atoms with van der Waals surface area (Å²) in [6.07, 6.45) is 0.959. The van der Waals surface area contributed by atoms with E-state index in [0.29, 0.717) is 18.8 Å². The van der Waals surface area contributed by atoms with Crippen LogP contribution >= 0.6 is 0 Å². The number of pyridine rings is 1. The summed E-state index contributed by atoms with van der Waals surface area (Å²) >= 11 is 0. The molecule has 1 aromatic carbocycles. The van der Waals surface area contributed by atoms with Crippen LogP contribution in [0.2, 0.25) is 0 Å². The van der Waals surface area contributed by atoms with Crippen LogP contribution in [-0.2, 0) is 0 Å². The molecule has 7 nitrogen and oxygen atoms in total. The molecule has 2 rings (SSSR count). The maximum absolute atomic E-state index is 12.2. The van der Waals surface area contributed by atoms with Crippen molar-refractivity contribution in [3.05, 3.63) is 54.2 Å². The number of rotatable bonds is 8. The third-order valence-electron chi connectivity index (χ3n) is 4.18. The highest BCUT2D eigenvalue weighted by Gasteiger charge is 2.22. The largest absolute Gasteiger partial charge is 0.388 e. The Kier molecular flexibility index (Phi) is 7.57. The number of aliphatic hydroxyl groups excluding tert-OH is 1. The molecule has 0 saturated heterocycles. The molecule has 2 amide bonds. The number of amides is 2. The van der Waals surface area contributed by atoms with Crippen molar-refractivity contribution >= 4 is 17.5 Å². The Balaban J connectivity index is 1.94. The van der Waals surface area contributed by atoms with Gasteiger partial charge in [-0.25, -0.2) is 9.78 Å². The average molecular weight is 371 g/mol. The highest BCUT2D eigenvalue weighted by Crippen LogP contribution is 2.22. The highest BCUT2D eigenvalue weighted by atomic mass is 16.3. The number of urea groups is 1. The van der Waals surface area contributed by atoms with Gasteiger partial charge in [-0.1, -0.05) is 30.3 Å². The van der Waals surface area contributed by atoms with Gasteiger partial charge >= 0.3 is 6.03 Å². The zero-order valence-electron chi connectivity index (χ0n) is 16.4. The summed E-state index contributed by atoms with van der Waals surface area (Å²) in [6.45, 7) is 0.999. The molecule has 146 valence electrons. The summed E-state index contributed by atoms with van der Waals surface area (Å²) in [4.78, 5) is 20.4. The number of nitrogens with one attached hydrogen (secondary N) is 2. The molecular weight excluding hydrogens is 342 g/mol. The highest BCUT2D eigenvalue weighted by molar-refractivity contribution is 5.89. The number of carbonyl (C=O) groups is 1. The topological polar surface area (TPSA) is 80.7 Å². The molecule has 1 aromatic heterocycles. The van der Waals surface area contributed by atoms with Crippen LogP contribution in [0.25, 0.3) is 0 Å². The second-order valence-corrected chi connectivity index (χ2v) is 7.01. The van der Waals surface area contributed by atoms with E-state index in [-0.39, 0.29) is 11.9 Å². The van der Waals surface area contributed by atoms with Crippen LogP contribution in [0.15, 0.2) is 48.7 Å². The van der Waals surface area contributed by atoms with Crippen molar-refractivity contribution in [1.29, 1.82) is 0 Å². The number of hydrogen-bond donors (Lipinski definition) is 3. The Labute approximate surface area is 161 Å². The van der Waals surface area contributed by atoms with E-state index >= 15 is 0 Å². The summed E-state index contributed by atoms with van der Waals surface area (Å²) in [5.74, 6) is 0.681. The molecule has 0 aliphatic carbocycles. The van der Waals surface area contributed by atoms with Crippen LogP contribution in [0.5, 0.6) is 0 Å². The second-order valence-electron chi connectivity index (χ2n) is 7.01. The van der Waals surface area contributed by atoms with Crippen molar-refractivity contribution in [3.63, 3.8) is 0 Å². The van der Waals surface area contributed by atoms with Gasteiger partial charge in [-0.2, -0.15) is 0 Å². The second kappa shape index (κ2) is 9.89. The number of aliphatic hydroxyl groups is 1. The van der Waals surface area contributed by atoms with Crippen molar-refractivity contribution in [3.8, 4) is 0 Å². The number of nitrogens with zero attached hydrogens (tertiary/aromatic N) is 3. The molecule has 0 radical (unpaired) electrons. The predicted octanol–water partition coefficient (Wildman–Crippen LogP) is 2.18. The quantitative estimate of drug-likeness (QED) is 0.663. The summed E-state index contributed by atoms with van der Waals surface area (Å²) in [5.41, 5.74) is 1.46. The van der Waals surface area contributed by atoms with Gasteiger partial charge in [-0.3, -0.25) is 0 Å². The van der Waals surface area contributed by atoms with E-state index in [1.165, 1.54) is 0 Å². The third-order valence-corrected chi connectivity index (χ3v) is 4.18. The van der Waals surface area contributed by atoms with E-state index in [4.69, 9.17) is 0 Å². The van der Waals surface area contributed by atoms with E-state index in [9.17, 15) is 9.90 Å². The zero-order valence-corrected chi connectivity index (χ0v) is 16.4. The number of aromatic nitrogens is 1. The van der Waals surface area contributed by atoms with Crippen LogP contribution in [0.1, 0.15) is 11.7 Å². The van der Waals surface area contributed by atoms with Crippen molar-refractivity contribution in [1.82, 2.24) is 15.2 Å². The number of hydrogen-bond acceptors (Lipinski definition) is 5. The SMILES string of the molecule is CN(C)CC(CNC(=O)Nc1ccc(N(C)C)nc1)C(O)c1ccccc1. The minimum atomic E-state index is -0.657. The van der Waals surface area contributed by atoms with Crippen LogP contribution in [-0.4, -0.2) is 62.3 Å². The lowest BCUT2D eigenvalue weighted by atomic mass is 9.95. The van der Waals surface area contributed by atoms with Crippen LogP contribution in [0.4, 0.5) is 16.3 Å². The molecule has 0 fully saturated rings. The smallest absolute Gasteiger partial charge is 0.319 e. The Morgan fingerprint density at radius 3 is 2.37 bits per heavy atom. The first-order valence-corrected chi connectivity index (χ1v) is 8.92. The van der Waals surface area contributed by atoms with Gasteiger partial charge in [0.1, 0.15) is 5.82 Å². The van der Waals surface area contributed by atoms with Crippen molar-refractivity contribution in [2.75, 3.05) is 51.5 Å². The van der Waals surface area contributed by atoms with E-state index in [1.807, 2.05) is 74.4 Å². The van der Waals surface area contributed by atoms with E-state index in [1.54, 1.807) is 12.3 Å². The molecule has 0 aliphatic rings. The number of anilines is 2. The molecule has 0 aliphatic heterocycles. The van der Waals surface area contributed by atoms with E-state index < -0.39 is 6.10 Å². The van der Waals surface area contributed by atoms with Crippen molar-refractivity contribution in [2.45, 2.75) is 6.10 Å². The van der Waals surface area contributed by atoms with Gasteiger partial charge in [-0.05, 0) is 31.8 Å². The van der Waals surface area contributed by atoms with E-state index in [0.717, 1.165) is 11.4 Å². The first kappa shape index (κ1) is 20.7. The number of benzene rings is 1. The summed E-state index contributed by atoms with van der Waals surface area (Å²) in [7, 11) is 7.71. The van der Waals surface area contributed by atoms with Crippen molar-refractivity contribution in [2.24, 2.45) is 5.92 Å². The molecular formula is C20H29N5O2. The van der Waals surface area contributed by atoms with Gasteiger partial charge in [-0.15, -0.1) is 0 Å². The first-order chi connectivity index (χ1) is 12.9. The third kappa shape index (κ3) is 6.54. The zero-order chi connectivity index (χ0) is 19.8. The van der Waals surface area contributed by atoms with Crippen LogP contribution < -0.4 is 15.5 Å². The summed E-state index contributed by atoms with van der Waals surface area (Å²) in [5, 5.41) is 16.3. The normalized spacial score (nSPS) is 13.1. The molecule has 27 heavy (non-hydrogen) atoms. The Hall–Kier alpha value is -2.64. The molecule has 2 unspecified atom stereocenters. The molecule has 1 heterocycles. The van der Waals surface area contributed by atoms with E-state index in [2.05, 4.69) is 15.6 Å². The minimum Gasteiger partial charge on any atom is -0.388 e. The lowest BCUT2D eigenvalue weighted by Crippen LogP contribution is -2.39.